The van der Waals surface area contributed by atoms with Crippen molar-refractivity contribution in [2.75, 3.05) is 85.0 Å². The van der Waals surface area contributed by atoms with E-state index < -0.39 is 6.10 Å². The summed E-state index contributed by atoms with van der Waals surface area (Å²) in [7, 11) is 0. The summed E-state index contributed by atoms with van der Waals surface area (Å²) in [4.78, 5) is 23.8. The van der Waals surface area contributed by atoms with Gasteiger partial charge >= 0.3 is 0 Å². The van der Waals surface area contributed by atoms with Crippen LogP contribution in [0.1, 0.15) is 26.2 Å². The molecule has 0 spiro atoms. The summed E-state index contributed by atoms with van der Waals surface area (Å²) in [5.74, 6) is 0.228. The topological polar surface area (TPSA) is 134 Å². The zero-order valence-electron chi connectivity index (χ0n) is 20.2. The van der Waals surface area contributed by atoms with Crippen LogP contribution >= 0.6 is 12.6 Å². The van der Waals surface area contributed by atoms with Crippen LogP contribution in [0.3, 0.4) is 0 Å². The van der Waals surface area contributed by atoms with Gasteiger partial charge in [0.2, 0.25) is 11.8 Å². The smallest absolute Gasteiger partial charge is 0.220 e. The Hall–Kier alpha value is -0.990. The average Bonchev–Trinajstić information content (AvgIpc) is 2.82. The minimum Gasteiger partial charge on any atom is -0.388 e. The number of ether oxygens (including phenoxy) is 6. The van der Waals surface area contributed by atoms with Crippen LogP contribution in [0.25, 0.3) is 0 Å². The van der Waals surface area contributed by atoms with E-state index in [2.05, 4.69) is 23.3 Å². The molecule has 0 radical (unpaired) electrons. The quantitative estimate of drug-likeness (QED) is 0.120. The second-order valence-corrected chi connectivity index (χ2v) is 8.11. The van der Waals surface area contributed by atoms with Crippen molar-refractivity contribution in [3.63, 3.8) is 0 Å². The molecule has 0 aromatic heterocycles. The van der Waals surface area contributed by atoms with Gasteiger partial charge in [-0.15, -0.1) is 0 Å². The van der Waals surface area contributed by atoms with Gasteiger partial charge in [0.05, 0.1) is 78.2 Å². The van der Waals surface area contributed by atoms with Crippen LogP contribution in [0.5, 0.6) is 0 Å². The Morgan fingerprint density at radius 2 is 1.35 bits per heavy atom. The van der Waals surface area contributed by atoms with Crippen molar-refractivity contribution in [2.24, 2.45) is 0 Å². The van der Waals surface area contributed by atoms with Crippen LogP contribution in [0.4, 0.5) is 0 Å². The van der Waals surface area contributed by atoms with Crippen LogP contribution < -0.4 is 10.6 Å². The van der Waals surface area contributed by atoms with Crippen LogP contribution in [0.2, 0.25) is 0 Å². The molecule has 0 aliphatic carbocycles. The molecule has 1 fully saturated rings. The second kappa shape index (κ2) is 21.3. The van der Waals surface area contributed by atoms with Gasteiger partial charge in [0.15, 0.2) is 0 Å². The Morgan fingerprint density at radius 3 is 1.91 bits per heavy atom. The molecule has 1 aliphatic heterocycles. The highest BCUT2D eigenvalue weighted by atomic mass is 32.1. The monoisotopic (exact) mass is 510 g/mol. The van der Waals surface area contributed by atoms with Crippen molar-refractivity contribution in [1.29, 1.82) is 0 Å². The number of nitrogens with one attached hydrogen (secondary N) is 2. The predicted octanol–water partition coefficient (Wildman–Crippen LogP) is -0.450. The first-order valence-corrected chi connectivity index (χ1v) is 12.5. The van der Waals surface area contributed by atoms with E-state index in [1.54, 1.807) is 6.92 Å². The molecule has 3 atom stereocenters. The second-order valence-electron chi connectivity index (χ2n) is 7.66. The van der Waals surface area contributed by atoms with Crippen molar-refractivity contribution in [3.8, 4) is 0 Å². The van der Waals surface area contributed by atoms with E-state index in [1.807, 2.05) is 0 Å². The Labute approximate surface area is 207 Å². The Bertz CT molecular complexity index is 531. The molecular formula is C22H42N2O9S. The van der Waals surface area contributed by atoms with Gasteiger partial charge in [0.1, 0.15) is 6.10 Å². The van der Waals surface area contributed by atoms with Gasteiger partial charge in [0.25, 0.3) is 0 Å². The normalized spacial score (nSPS) is 20.3. The van der Waals surface area contributed by atoms with Gasteiger partial charge in [-0.25, -0.2) is 0 Å². The molecule has 1 saturated heterocycles. The third-order valence-corrected chi connectivity index (χ3v) is 5.10. The highest BCUT2D eigenvalue weighted by Crippen LogP contribution is 2.14. The van der Waals surface area contributed by atoms with E-state index in [-0.39, 0.29) is 36.8 Å². The maximum absolute atomic E-state index is 12.0. The highest BCUT2D eigenvalue weighted by Gasteiger charge is 2.30. The molecule has 11 nitrogen and oxygen atoms in total. The van der Waals surface area contributed by atoms with Crippen molar-refractivity contribution in [3.05, 3.63) is 0 Å². The molecule has 1 heterocycles. The first-order chi connectivity index (χ1) is 16.5. The SMILES string of the molecule is C[C@@H]1OCCC(NC(=O)CCC(=O)NCCOCCOCCOCCOCCOCCS)[C@@H]1O. The largest absolute Gasteiger partial charge is 0.388 e. The fourth-order valence-corrected chi connectivity index (χ4v) is 3.17. The molecule has 34 heavy (non-hydrogen) atoms. The molecule has 2 amide bonds. The zero-order valence-corrected chi connectivity index (χ0v) is 21.1. The maximum Gasteiger partial charge on any atom is 0.220 e. The lowest BCUT2D eigenvalue weighted by atomic mass is 10.0. The summed E-state index contributed by atoms with van der Waals surface area (Å²) in [6.45, 7) is 7.54. The standard InChI is InChI=1S/C22H42N2O9S/c1-18-22(27)19(4-6-33-18)24-21(26)3-2-20(25)23-5-7-28-8-9-29-10-11-30-12-13-31-14-15-32-16-17-34/h18-19,22,27,34H,2-17H2,1H3,(H,23,25)(H,24,26)/t18-,19?,22+/m0/s1. The first kappa shape index (κ1) is 31.0. The fraction of sp³-hybridized carbons (Fsp3) is 0.909. The Balaban J connectivity index is 1.83. The lowest BCUT2D eigenvalue weighted by Crippen LogP contribution is -2.52. The summed E-state index contributed by atoms with van der Waals surface area (Å²) < 4.78 is 32.1. The predicted molar refractivity (Wildman–Crippen MR) is 128 cm³/mol. The lowest BCUT2D eigenvalue weighted by molar-refractivity contribution is -0.130. The average molecular weight is 511 g/mol. The number of carbonyl (C=O) groups excluding carboxylic acids is 2. The summed E-state index contributed by atoms with van der Waals surface area (Å²) in [5.41, 5.74) is 0. The van der Waals surface area contributed by atoms with E-state index in [0.29, 0.717) is 91.4 Å². The van der Waals surface area contributed by atoms with Crippen molar-refractivity contribution in [2.45, 2.75) is 44.4 Å². The fourth-order valence-electron chi connectivity index (χ4n) is 3.04. The molecule has 200 valence electrons. The van der Waals surface area contributed by atoms with Crippen LogP contribution in [0, 0.1) is 0 Å². The van der Waals surface area contributed by atoms with E-state index in [4.69, 9.17) is 28.4 Å². The van der Waals surface area contributed by atoms with Crippen molar-refractivity contribution < 1.29 is 43.1 Å². The number of thiol groups is 1. The molecule has 3 N–H and O–H groups in total. The summed E-state index contributed by atoms with van der Waals surface area (Å²) >= 11 is 4.05. The van der Waals surface area contributed by atoms with Crippen LogP contribution in [0.15, 0.2) is 0 Å². The highest BCUT2D eigenvalue weighted by molar-refractivity contribution is 7.80. The minimum absolute atomic E-state index is 0.0675. The van der Waals surface area contributed by atoms with Gasteiger partial charge in [0, 0.05) is 31.7 Å². The summed E-state index contributed by atoms with van der Waals surface area (Å²) in [6.07, 6.45) is -0.347. The number of hydrogen-bond acceptors (Lipinski definition) is 10. The van der Waals surface area contributed by atoms with Gasteiger partial charge < -0.3 is 44.2 Å². The number of aliphatic hydroxyl groups excluding tert-OH is 1. The van der Waals surface area contributed by atoms with Gasteiger partial charge in [-0.3, -0.25) is 9.59 Å². The molecular weight excluding hydrogens is 468 g/mol. The first-order valence-electron chi connectivity index (χ1n) is 11.9. The Morgan fingerprint density at radius 1 is 0.853 bits per heavy atom. The number of carbonyl (C=O) groups is 2. The molecule has 0 bridgehead atoms. The molecule has 12 heteroatoms. The molecule has 0 saturated carbocycles. The van der Waals surface area contributed by atoms with Gasteiger partial charge in [-0.1, -0.05) is 0 Å². The molecule has 0 aromatic carbocycles. The number of rotatable bonds is 21. The summed E-state index contributed by atoms with van der Waals surface area (Å²) in [5, 5.41) is 15.5. The molecule has 1 unspecified atom stereocenters. The summed E-state index contributed by atoms with van der Waals surface area (Å²) in [6, 6.07) is -0.339. The minimum atomic E-state index is -0.737. The molecule has 0 aromatic rings. The number of aliphatic hydroxyl groups is 1. The zero-order chi connectivity index (χ0) is 24.9. The molecule has 1 rings (SSSR count). The van der Waals surface area contributed by atoms with Crippen molar-refractivity contribution in [1.82, 2.24) is 10.6 Å². The van der Waals surface area contributed by atoms with E-state index >= 15 is 0 Å². The van der Waals surface area contributed by atoms with E-state index in [0.717, 1.165) is 0 Å². The van der Waals surface area contributed by atoms with Gasteiger partial charge in [-0.2, -0.15) is 12.6 Å². The lowest BCUT2D eigenvalue weighted by Gasteiger charge is -2.33. The van der Waals surface area contributed by atoms with Gasteiger partial charge in [-0.05, 0) is 13.3 Å². The number of amides is 2. The van der Waals surface area contributed by atoms with E-state index in [1.165, 1.54) is 0 Å². The van der Waals surface area contributed by atoms with Crippen LogP contribution in [-0.2, 0) is 38.0 Å². The van der Waals surface area contributed by atoms with E-state index in [9.17, 15) is 14.7 Å². The Kier molecular flexibility index (Phi) is 19.5. The molecule has 1 aliphatic rings. The van der Waals surface area contributed by atoms with Crippen molar-refractivity contribution >= 4 is 24.4 Å². The third-order valence-electron chi connectivity index (χ3n) is 4.92. The third kappa shape index (κ3) is 16.6. The number of hydrogen-bond donors (Lipinski definition) is 4. The maximum atomic E-state index is 12.0. The van der Waals surface area contributed by atoms with Crippen LogP contribution in [-0.4, -0.2) is 120 Å².